The fraction of sp³-hybridized carbons (Fsp3) is 0.593. The summed E-state index contributed by atoms with van der Waals surface area (Å²) in [4.78, 5) is 26.2. The van der Waals surface area contributed by atoms with Gasteiger partial charge in [-0.05, 0) is 70.3 Å². The van der Waals surface area contributed by atoms with E-state index in [9.17, 15) is 9.59 Å². The second-order valence-corrected chi connectivity index (χ2v) is 12.0. The van der Waals surface area contributed by atoms with Gasteiger partial charge in [-0.25, -0.2) is 0 Å². The number of hydrogen-bond donors (Lipinski definition) is 2. The van der Waals surface area contributed by atoms with Crippen LogP contribution in [0.2, 0.25) is 0 Å². The van der Waals surface area contributed by atoms with Gasteiger partial charge in [0.1, 0.15) is 6.61 Å². The summed E-state index contributed by atoms with van der Waals surface area (Å²) in [5.41, 5.74) is 10.4. The third kappa shape index (κ3) is 8.99. The van der Waals surface area contributed by atoms with E-state index in [0.29, 0.717) is 11.7 Å². The van der Waals surface area contributed by atoms with Gasteiger partial charge in [0.05, 0.1) is 11.6 Å². The van der Waals surface area contributed by atoms with E-state index in [1.807, 2.05) is 20.8 Å². The summed E-state index contributed by atoms with van der Waals surface area (Å²) in [6.45, 7) is 12.3. The lowest BCUT2D eigenvalue weighted by molar-refractivity contribution is -0.143. The molecule has 0 unspecified atom stereocenters. The quantitative estimate of drug-likeness (QED) is 0.109. The Labute approximate surface area is 235 Å². The number of carbonyl (C=O) groups is 2. The number of nitrogens with zero attached hydrogens (tertiary/aromatic N) is 2. The lowest BCUT2D eigenvalue weighted by Crippen LogP contribution is -2.62. The molecule has 0 spiro atoms. The number of benzene rings is 1. The van der Waals surface area contributed by atoms with Gasteiger partial charge >= 0.3 is 5.97 Å². The molecule has 1 aromatic rings. The molecule has 0 bridgehead atoms. The Hall–Kier alpha value is -1.72. The number of esters is 1. The summed E-state index contributed by atoms with van der Waals surface area (Å²) in [5, 5.41) is 2.31. The van der Waals surface area contributed by atoms with Crippen molar-refractivity contribution >= 4 is 51.8 Å². The highest BCUT2D eigenvalue weighted by atomic mass is 127. The number of alkyl halides is 1. The highest BCUT2D eigenvalue weighted by molar-refractivity contribution is 14.1. The van der Waals surface area contributed by atoms with Crippen LogP contribution >= 0.6 is 34.8 Å². The van der Waals surface area contributed by atoms with Crippen LogP contribution in [0, 0.1) is 5.41 Å². The zero-order chi connectivity index (χ0) is 27.1. The molecule has 200 valence electrons. The van der Waals surface area contributed by atoms with Gasteiger partial charge in [0.15, 0.2) is 5.11 Å². The maximum atomic E-state index is 12.4. The maximum absolute atomic E-state index is 12.4. The van der Waals surface area contributed by atoms with Gasteiger partial charge < -0.3 is 15.4 Å². The Morgan fingerprint density at radius 3 is 2.58 bits per heavy atom. The van der Waals surface area contributed by atoms with Crippen LogP contribution in [-0.2, 0) is 25.2 Å². The van der Waals surface area contributed by atoms with Crippen molar-refractivity contribution in [1.29, 1.82) is 0 Å². The first-order valence-electron chi connectivity index (χ1n) is 12.4. The largest absolute Gasteiger partial charge is 0.465 e. The van der Waals surface area contributed by atoms with Crippen molar-refractivity contribution in [2.45, 2.75) is 82.9 Å². The fourth-order valence-electron chi connectivity index (χ4n) is 4.13. The number of ether oxygens (including phenoxy) is 1. The second-order valence-electron chi connectivity index (χ2n) is 10.9. The number of carbonyl (C=O) groups excluding carboxylic acids is 2. The smallest absolute Gasteiger partial charge is 0.302 e. The normalized spacial score (nSPS) is 18.6. The van der Waals surface area contributed by atoms with Gasteiger partial charge in [0.2, 0.25) is 0 Å². The van der Waals surface area contributed by atoms with Crippen LogP contribution in [0.5, 0.6) is 0 Å². The van der Waals surface area contributed by atoms with Gasteiger partial charge in [-0.3, -0.25) is 20.0 Å². The molecule has 36 heavy (non-hydrogen) atoms. The van der Waals surface area contributed by atoms with E-state index in [1.54, 1.807) is 11.9 Å². The minimum absolute atomic E-state index is 0.0758. The lowest BCUT2D eigenvalue weighted by atomic mass is 9.83. The third-order valence-electron chi connectivity index (χ3n) is 6.12. The molecule has 1 aromatic carbocycles. The summed E-state index contributed by atoms with van der Waals surface area (Å²) in [6.07, 6.45) is 7.03. The zero-order valence-corrected chi connectivity index (χ0v) is 25.3. The maximum Gasteiger partial charge on any atom is 0.302 e. The summed E-state index contributed by atoms with van der Waals surface area (Å²) in [7, 11) is 0. The first kappa shape index (κ1) is 30.5. The number of nitrogens with one attached hydrogen (secondary N) is 1. The molecule has 3 N–H and O–H groups in total. The molecule has 1 aliphatic heterocycles. The van der Waals surface area contributed by atoms with Crippen molar-refractivity contribution in [3.8, 4) is 0 Å². The standard InChI is InChI=1S/C27H41IN4O3S/c1-19(29)24(34)30-32(26(3,4)5)25(36)31-14-8-11-23(31)12-13-27(6,18-35-20(2)33)16-21-9-7-10-22(15-21)17-28/h7,9-10,12-13,15,19,23H,8,11,14,16-18,29H2,1-6H3,(H,30,34)/b13-12+/t19-,23-,27-/m0/s1. The van der Waals surface area contributed by atoms with Crippen LogP contribution in [0.15, 0.2) is 36.4 Å². The van der Waals surface area contributed by atoms with Crippen molar-refractivity contribution in [1.82, 2.24) is 15.3 Å². The average Bonchev–Trinajstić information content (AvgIpc) is 3.27. The molecule has 7 nitrogen and oxygen atoms in total. The molecule has 0 aromatic heterocycles. The Balaban J connectivity index is 2.27. The highest BCUT2D eigenvalue weighted by Gasteiger charge is 2.34. The van der Waals surface area contributed by atoms with Crippen molar-refractivity contribution in [3.63, 3.8) is 0 Å². The molecule has 1 heterocycles. The van der Waals surface area contributed by atoms with Crippen molar-refractivity contribution in [2.24, 2.45) is 11.1 Å². The Kier molecular flexibility index (Phi) is 11.2. The summed E-state index contributed by atoms with van der Waals surface area (Å²) in [6, 6.07) is 7.97. The minimum atomic E-state index is -0.639. The van der Waals surface area contributed by atoms with Crippen LogP contribution in [0.3, 0.4) is 0 Å². The van der Waals surface area contributed by atoms with E-state index in [1.165, 1.54) is 18.1 Å². The SMILES string of the molecule is CC(=O)OC[C@@](C)(/C=C/[C@@H]1CCCN1C(=S)N(NC(=O)[C@H](C)N)C(C)(C)C)Cc1cccc(CI)c1. The summed E-state index contributed by atoms with van der Waals surface area (Å²) in [5.74, 6) is -0.564. The predicted octanol–water partition coefficient (Wildman–Crippen LogP) is 4.52. The van der Waals surface area contributed by atoms with Crippen molar-refractivity contribution < 1.29 is 14.3 Å². The van der Waals surface area contributed by atoms with E-state index in [2.05, 4.69) is 76.3 Å². The predicted molar refractivity (Wildman–Crippen MR) is 157 cm³/mol. The lowest BCUT2D eigenvalue weighted by Gasteiger charge is -2.42. The molecule has 0 saturated carbocycles. The number of hydrazine groups is 1. The molecule has 1 aliphatic rings. The molecule has 2 rings (SSSR count). The van der Waals surface area contributed by atoms with E-state index < -0.39 is 11.6 Å². The Morgan fingerprint density at radius 1 is 1.33 bits per heavy atom. The van der Waals surface area contributed by atoms with E-state index in [-0.39, 0.29) is 23.3 Å². The van der Waals surface area contributed by atoms with Gasteiger partial charge in [-0.2, -0.15) is 0 Å². The second kappa shape index (κ2) is 13.2. The number of likely N-dealkylation sites (tertiary alicyclic amines) is 1. The molecule has 0 radical (unpaired) electrons. The number of amides is 1. The first-order valence-corrected chi connectivity index (χ1v) is 14.3. The zero-order valence-electron chi connectivity index (χ0n) is 22.3. The number of thiocarbonyl (C=S) groups is 1. The van der Waals surface area contributed by atoms with E-state index in [4.69, 9.17) is 22.7 Å². The molecule has 1 fully saturated rings. The number of halogens is 1. The molecular formula is C27H41IN4O3S. The van der Waals surface area contributed by atoms with E-state index in [0.717, 1.165) is 30.2 Å². The Bertz CT molecular complexity index is 963. The first-order chi connectivity index (χ1) is 16.8. The topological polar surface area (TPSA) is 87.9 Å². The summed E-state index contributed by atoms with van der Waals surface area (Å²) >= 11 is 8.25. The fourth-order valence-corrected chi connectivity index (χ4v) is 5.15. The monoisotopic (exact) mass is 628 g/mol. The molecular weight excluding hydrogens is 587 g/mol. The van der Waals surface area contributed by atoms with Crippen LogP contribution in [-0.4, -0.2) is 57.7 Å². The third-order valence-corrected chi connectivity index (χ3v) is 7.42. The van der Waals surface area contributed by atoms with Crippen LogP contribution in [0.25, 0.3) is 0 Å². The van der Waals surface area contributed by atoms with Crippen LogP contribution in [0.4, 0.5) is 0 Å². The minimum Gasteiger partial charge on any atom is -0.465 e. The van der Waals surface area contributed by atoms with Crippen LogP contribution in [0.1, 0.15) is 65.5 Å². The number of hydrogen-bond acceptors (Lipinski definition) is 5. The Morgan fingerprint density at radius 2 is 2.00 bits per heavy atom. The highest BCUT2D eigenvalue weighted by Crippen LogP contribution is 2.29. The van der Waals surface area contributed by atoms with Crippen molar-refractivity contribution in [2.75, 3.05) is 13.2 Å². The molecule has 1 saturated heterocycles. The van der Waals surface area contributed by atoms with Gasteiger partial charge in [0, 0.05) is 29.4 Å². The molecule has 0 aliphatic carbocycles. The van der Waals surface area contributed by atoms with Gasteiger partial charge in [-0.1, -0.05) is 65.9 Å². The molecule has 9 heteroatoms. The summed E-state index contributed by atoms with van der Waals surface area (Å²) < 4.78 is 6.42. The molecule has 1 amide bonds. The van der Waals surface area contributed by atoms with Gasteiger partial charge in [0.25, 0.3) is 5.91 Å². The molecule has 3 atom stereocenters. The van der Waals surface area contributed by atoms with Crippen molar-refractivity contribution in [3.05, 3.63) is 47.5 Å². The van der Waals surface area contributed by atoms with Gasteiger partial charge in [-0.15, -0.1) is 0 Å². The van der Waals surface area contributed by atoms with Crippen LogP contribution < -0.4 is 11.2 Å². The average molecular weight is 629 g/mol. The number of rotatable bonds is 8. The number of nitrogens with two attached hydrogens (primary N) is 1. The van der Waals surface area contributed by atoms with E-state index >= 15 is 0 Å².